The van der Waals surface area contributed by atoms with Crippen LogP contribution < -0.4 is 5.32 Å². The molecule has 1 atom stereocenters. The van der Waals surface area contributed by atoms with Gasteiger partial charge in [0, 0.05) is 39.0 Å². The number of nitrogens with one attached hydrogen (secondary N) is 1. The Balaban J connectivity index is 1.91. The lowest BCUT2D eigenvalue weighted by molar-refractivity contribution is -0.00636. The van der Waals surface area contributed by atoms with Crippen molar-refractivity contribution >= 4 is 0 Å². The fourth-order valence-electron chi connectivity index (χ4n) is 3.76. The lowest BCUT2D eigenvalue weighted by Crippen LogP contribution is -2.48. The summed E-state index contributed by atoms with van der Waals surface area (Å²) in [6.45, 7) is 5.70. The maximum atomic E-state index is 9.02. The van der Waals surface area contributed by atoms with Crippen LogP contribution in [0.4, 0.5) is 0 Å². The van der Waals surface area contributed by atoms with Crippen molar-refractivity contribution in [2.45, 2.75) is 44.6 Å². The third-order valence-corrected chi connectivity index (χ3v) is 4.84. The van der Waals surface area contributed by atoms with Gasteiger partial charge in [0.1, 0.15) is 0 Å². The third kappa shape index (κ3) is 4.15. The highest BCUT2D eigenvalue weighted by Crippen LogP contribution is 2.34. The van der Waals surface area contributed by atoms with Crippen molar-refractivity contribution in [3.8, 4) is 0 Å². The lowest BCUT2D eigenvalue weighted by Gasteiger charge is -2.41. The van der Waals surface area contributed by atoms with Crippen molar-refractivity contribution in [3.05, 3.63) is 0 Å². The Labute approximate surface area is 117 Å². The fraction of sp³-hybridized carbons (Fsp3) is 1.00. The number of aliphatic hydroxyl groups excluding tert-OH is 1. The van der Waals surface area contributed by atoms with Crippen molar-refractivity contribution < 1.29 is 9.84 Å². The topological polar surface area (TPSA) is 44.7 Å². The van der Waals surface area contributed by atoms with Crippen molar-refractivity contribution in [3.63, 3.8) is 0 Å². The fourth-order valence-corrected chi connectivity index (χ4v) is 3.76. The van der Waals surface area contributed by atoms with Crippen LogP contribution >= 0.6 is 0 Å². The number of aliphatic hydroxyl groups is 1. The maximum absolute atomic E-state index is 9.02. The molecule has 0 aromatic rings. The zero-order chi connectivity index (χ0) is 13.6. The molecule has 2 aliphatic rings. The molecule has 2 rings (SSSR count). The van der Waals surface area contributed by atoms with E-state index in [4.69, 9.17) is 9.84 Å². The molecule has 0 aliphatic carbocycles. The highest BCUT2D eigenvalue weighted by atomic mass is 16.5. The summed E-state index contributed by atoms with van der Waals surface area (Å²) < 4.78 is 5.55. The van der Waals surface area contributed by atoms with E-state index in [-0.39, 0.29) is 0 Å². The van der Waals surface area contributed by atoms with Gasteiger partial charge in [-0.1, -0.05) is 0 Å². The first-order chi connectivity index (χ1) is 9.29. The molecule has 2 saturated heterocycles. The van der Waals surface area contributed by atoms with E-state index in [1.165, 1.54) is 38.8 Å². The largest absolute Gasteiger partial charge is 0.396 e. The highest BCUT2D eigenvalue weighted by Gasteiger charge is 2.36. The summed E-state index contributed by atoms with van der Waals surface area (Å²) in [7, 11) is 2.06. The summed E-state index contributed by atoms with van der Waals surface area (Å²) >= 11 is 0. The molecule has 1 unspecified atom stereocenters. The molecule has 0 amide bonds. The first kappa shape index (κ1) is 15.2. The van der Waals surface area contributed by atoms with E-state index in [0.29, 0.717) is 18.1 Å². The van der Waals surface area contributed by atoms with Gasteiger partial charge < -0.3 is 15.2 Å². The molecule has 0 radical (unpaired) electrons. The van der Waals surface area contributed by atoms with Crippen LogP contribution in [-0.2, 0) is 4.74 Å². The molecular weight excluding hydrogens is 240 g/mol. The van der Waals surface area contributed by atoms with E-state index in [1.807, 2.05) is 0 Å². The van der Waals surface area contributed by atoms with Crippen LogP contribution in [0.3, 0.4) is 0 Å². The molecule has 4 heteroatoms. The van der Waals surface area contributed by atoms with Crippen LogP contribution in [0.5, 0.6) is 0 Å². The van der Waals surface area contributed by atoms with Gasteiger partial charge in [-0.2, -0.15) is 0 Å². The normalized spacial score (nSPS) is 27.8. The molecule has 19 heavy (non-hydrogen) atoms. The molecule has 0 bridgehead atoms. The predicted octanol–water partition coefficient (Wildman–Crippen LogP) is 1.24. The third-order valence-electron chi connectivity index (χ3n) is 4.84. The zero-order valence-electron chi connectivity index (χ0n) is 12.4. The van der Waals surface area contributed by atoms with Gasteiger partial charge in [0.2, 0.25) is 0 Å². The van der Waals surface area contributed by atoms with E-state index in [1.54, 1.807) is 0 Å². The second-order valence-corrected chi connectivity index (χ2v) is 6.28. The molecule has 2 fully saturated rings. The van der Waals surface area contributed by atoms with Crippen molar-refractivity contribution in [1.29, 1.82) is 0 Å². The summed E-state index contributed by atoms with van der Waals surface area (Å²) in [6, 6.07) is 0.698. The van der Waals surface area contributed by atoms with Crippen LogP contribution in [0.25, 0.3) is 0 Å². The Morgan fingerprint density at radius 2 is 2.16 bits per heavy atom. The number of nitrogens with zero attached hydrogens (tertiary/aromatic N) is 1. The van der Waals surface area contributed by atoms with Crippen molar-refractivity contribution in [2.24, 2.45) is 5.41 Å². The molecule has 0 saturated carbocycles. The smallest absolute Gasteiger partial charge is 0.0472 e. The van der Waals surface area contributed by atoms with Gasteiger partial charge in [-0.15, -0.1) is 0 Å². The van der Waals surface area contributed by atoms with Gasteiger partial charge in [-0.05, 0) is 57.5 Å². The molecule has 2 heterocycles. The highest BCUT2D eigenvalue weighted by molar-refractivity contribution is 4.90. The van der Waals surface area contributed by atoms with Gasteiger partial charge >= 0.3 is 0 Å². The molecule has 4 nitrogen and oxygen atoms in total. The maximum Gasteiger partial charge on any atom is 0.0472 e. The van der Waals surface area contributed by atoms with Crippen LogP contribution in [0.15, 0.2) is 0 Å². The summed E-state index contributed by atoms with van der Waals surface area (Å²) in [5.41, 5.74) is 0.398. The van der Waals surface area contributed by atoms with Crippen LogP contribution in [0.2, 0.25) is 0 Å². The first-order valence-electron chi connectivity index (χ1n) is 7.87. The lowest BCUT2D eigenvalue weighted by atomic mass is 9.79. The average Bonchev–Trinajstić information content (AvgIpc) is 2.84. The Hall–Kier alpha value is -0.160. The minimum absolute atomic E-state index is 0.333. The SMILES string of the molecule is CNCC1(CN2CCCC2CCCO)CCOCC1. The Morgan fingerprint density at radius 1 is 1.37 bits per heavy atom. The minimum atomic E-state index is 0.333. The summed E-state index contributed by atoms with van der Waals surface area (Å²) in [6.07, 6.45) is 7.09. The van der Waals surface area contributed by atoms with E-state index in [2.05, 4.69) is 17.3 Å². The predicted molar refractivity (Wildman–Crippen MR) is 77.3 cm³/mol. The number of hydrogen-bond donors (Lipinski definition) is 2. The van der Waals surface area contributed by atoms with E-state index >= 15 is 0 Å². The monoisotopic (exact) mass is 270 g/mol. The van der Waals surface area contributed by atoms with Crippen LogP contribution in [0.1, 0.15) is 38.5 Å². The van der Waals surface area contributed by atoms with Gasteiger partial charge in [0.15, 0.2) is 0 Å². The van der Waals surface area contributed by atoms with E-state index in [9.17, 15) is 0 Å². The molecule has 112 valence electrons. The molecular formula is C15H30N2O2. The molecule has 0 aromatic carbocycles. The summed E-state index contributed by atoms with van der Waals surface area (Å²) in [5.74, 6) is 0. The average molecular weight is 270 g/mol. The van der Waals surface area contributed by atoms with Crippen molar-refractivity contribution in [2.75, 3.05) is 46.5 Å². The summed E-state index contributed by atoms with van der Waals surface area (Å²) in [5, 5.41) is 12.4. The molecule has 0 aromatic heterocycles. The number of rotatable bonds is 7. The minimum Gasteiger partial charge on any atom is -0.396 e. The number of hydrogen-bond acceptors (Lipinski definition) is 4. The summed E-state index contributed by atoms with van der Waals surface area (Å²) in [4.78, 5) is 2.68. The van der Waals surface area contributed by atoms with Gasteiger partial charge in [-0.25, -0.2) is 0 Å². The molecule has 2 N–H and O–H groups in total. The quantitative estimate of drug-likeness (QED) is 0.730. The van der Waals surface area contributed by atoms with Gasteiger partial charge in [0.25, 0.3) is 0 Å². The molecule has 2 aliphatic heterocycles. The van der Waals surface area contributed by atoms with Gasteiger partial charge in [-0.3, -0.25) is 4.90 Å². The van der Waals surface area contributed by atoms with Crippen molar-refractivity contribution in [1.82, 2.24) is 10.2 Å². The standard InChI is InChI=1S/C15H30N2O2/c1-16-12-15(6-10-19-11-7-15)13-17-8-2-4-14(17)5-3-9-18/h14,16,18H,2-13H2,1H3. The molecule has 0 spiro atoms. The zero-order valence-corrected chi connectivity index (χ0v) is 12.4. The van der Waals surface area contributed by atoms with E-state index in [0.717, 1.165) is 32.6 Å². The Bertz CT molecular complexity index is 249. The number of ether oxygens (including phenoxy) is 1. The first-order valence-corrected chi connectivity index (χ1v) is 7.87. The van der Waals surface area contributed by atoms with Crippen LogP contribution in [0, 0.1) is 5.41 Å². The second kappa shape index (κ2) is 7.58. The van der Waals surface area contributed by atoms with Crippen LogP contribution in [-0.4, -0.2) is 62.6 Å². The Kier molecular flexibility index (Phi) is 6.07. The number of likely N-dealkylation sites (tertiary alicyclic amines) is 1. The second-order valence-electron chi connectivity index (χ2n) is 6.28. The Morgan fingerprint density at radius 3 is 2.84 bits per heavy atom. The van der Waals surface area contributed by atoms with Gasteiger partial charge in [0.05, 0.1) is 0 Å². The van der Waals surface area contributed by atoms with E-state index < -0.39 is 0 Å².